The standard InChI is InChI=1S/C14H21NO/c1-2-12-3-5-14(6-4-12)15-9-7-13(11-15)8-10-16/h3-6,13,16H,2,7-11H2,1H3. The number of aliphatic hydroxyl groups excluding tert-OH is 1. The van der Waals surface area contributed by atoms with Crippen LogP contribution in [0.1, 0.15) is 25.3 Å². The van der Waals surface area contributed by atoms with Gasteiger partial charge in [-0.05, 0) is 42.9 Å². The van der Waals surface area contributed by atoms with Gasteiger partial charge in [-0.1, -0.05) is 19.1 Å². The maximum atomic E-state index is 8.93. The van der Waals surface area contributed by atoms with E-state index in [9.17, 15) is 0 Å². The van der Waals surface area contributed by atoms with E-state index >= 15 is 0 Å². The Labute approximate surface area is 97.9 Å². The van der Waals surface area contributed by atoms with E-state index in [1.807, 2.05) is 0 Å². The maximum Gasteiger partial charge on any atom is 0.0434 e. The number of hydrogen-bond donors (Lipinski definition) is 1. The van der Waals surface area contributed by atoms with Crippen LogP contribution in [0.4, 0.5) is 5.69 Å². The molecule has 1 fully saturated rings. The lowest BCUT2D eigenvalue weighted by Crippen LogP contribution is -2.19. The summed E-state index contributed by atoms with van der Waals surface area (Å²) in [5.41, 5.74) is 2.73. The Kier molecular flexibility index (Phi) is 3.83. The van der Waals surface area contributed by atoms with Gasteiger partial charge in [-0.15, -0.1) is 0 Å². The molecule has 2 rings (SSSR count). The molecule has 1 saturated heterocycles. The predicted molar refractivity (Wildman–Crippen MR) is 67.8 cm³/mol. The fraction of sp³-hybridized carbons (Fsp3) is 0.571. The monoisotopic (exact) mass is 219 g/mol. The molecule has 1 N–H and O–H groups in total. The molecular weight excluding hydrogens is 198 g/mol. The summed E-state index contributed by atoms with van der Waals surface area (Å²) >= 11 is 0. The SMILES string of the molecule is CCc1ccc(N2CCC(CCO)C2)cc1. The Morgan fingerprint density at radius 1 is 1.31 bits per heavy atom. The summed E-state index contributed by atoms with van der Waals surface area (Å²) in [6.07, 6.45) is 3.27. The third-order valence-electron chi connectivity index (χ3n) is 3.53. The Morgan fingerprint density at radius 3 is 2.69 bits per heavy atom. The van der Waals surface area contributed by atoms with Crippen molar-refractivity contribution in [3.8, 4) is 0 Å². The van der Waals surface area contributed by atoms with Crippen molar-refractivity contribution in [1.29, 1.82) is 0 Å². The van der Waals surface area contributed by atoms with Crippen molar-refractivity contribution in [1.82, 2.24) is 0 Å². The van der Waals surface area contributed by atoms with Crippen molar-refractivity contribution < 1.29 is 5.11 Å². The average molecular weight is 219 g/mol. The number of nitrogens with zero attached hydrogens (tertiary/aromatic N) is 1. The smallest absolute Gasteiger partial charge is 0.0434 e. The first-order valence-corrected chi connectivity index (χ1v) is 6.28. The summed E-state index contributed by atoms with van der Waals surface area (Å²) in [5.74, 6) is 0.677. The van der Waals surface area contributed by atoms with Gasteiger partial charge in [0.1, 0.15) is 0 Å². The van der Waals surface area contributed by atoms with Gasteiger partial charge in [0.05, 0.1) is 0 Å². The molecule has 1 atom stereocenters. The Bertz CT molecular complexity index is 320. The lowest BCUT2D eigenvalue weighted by Gasteiger charge is -2.18. The van der Waals surface area contributed by atoms with Gasteiger partial charge in [0.15, 0.2) is 0 Å². The zero-order valence-electron chi connectivity index (χ0n) is 10.0. The van der Waals surface area contributed by atoms with Crippen molar-refractivity contribution in [2.45, 2.75) is 26.2 Å². The van der Waals surface area contributed by atoms with Gasteiger partial charge in [0, 0.05) is 25.4 Å². The highest BCUT2D eigenvalue weighted by Crippen LogP contribution is 2.25. The number of benzene rings is 1. The fourth-order valence-corrected chi connectivity index (χ4v) is 2.43. The number of rotatable bonds is 4. The molecule has 1 aromatic carbocycles. The number of anilines is 1. The van der Waals surface area contributed by atoms with Crippen LogP contribution in [0, 0.1) is 5.92 Å². The molecule has 0 saturated carbocycles. The topological polar surface area (TPSA) is 23.5 Å². The quantitative estimate of drug-likeness (QED) is 0.841. The van der Waals surface area contributed by atoms with Crippen molar-refractivity contribution in [2.24, 2.45) is 5.92 Å². The first-order chi connectivity index (χ1) is 7.83. The average Bonchev–Trinajstić information content (AvgIpc) is 2.78. The van der Waals surface area contributed by atoms with Gasteiger partial charge < -0.3 is 10.0 Å². The molecule has 1 aliphatic rings. The van der Waals surface area contributed by atoms with E-state index in [2.05, 4.69) is 36.1 Å². The summed E-state index contributed by atoms with van der Waals surface area (Å²) < 4.78 is 0. The summed E-state index contributed by atoms with van der Waals surface area (Å²) in [6.45, 7) is 4.75. The van der Waals surface area contributed by atoms with E-state index in [1.54, 1.807) is 0 Å². The van der Waals surface area contributed by atoms with Crippen molar-refractivity contribution in [2.75, 3.05) is 24.6 Å². The molecule has 1 unspecified atom stereocenters. The summed E-state index contributed by atoms with van der Waals surface area (Å²) in [6, 6.07) is 8.88. The molecule has 1 aromatic rings. The summed E-state index contributed by atoms with van der Waals surface area (Å²) in [5, 5.41) is 8.93. The molecule has 1 heterocycles. The van der Waals surface area contributed by atoms with Crippen LogP contribution >= 0.6 is 0 Å². The van der Waals surface area contributed by atoms with Crippen LogP contribution in [0.5, 0.6) is 0 Å². The van der Waals surface area contributed by atoms with E-state index in [-0.39, 0.29) is 0 Å². The minimum absolute atomic E-state index is 0.327. The molecule has 0 aromatic heterocycles. The van der Waals surface area contributed by atoms with Gasteiger partial charge in [-0.25, -0.2) is 0 Å². The first kappa shape index (κ1) is 11.5. The highest BCUT2D eigenvalue weighted by molar-refractivity contribution is 5.48. The molecule has 0 radical (unpaired) electrons. The molecule has 2 heteroatoms. The number of aryl methyl sites for hydroxylation is 1. The Morgan fingerprint density at radius 2 is 2.06 bits per heavy atom. The molecule has 0 bridgehead atoms. The van der Waals surface area contributed by atoms with Crippen molar-refractivity contribution >= 4 is 5.69 Å². The van der Waals surface area contributed by atoms with E-state index in [0.717, 1.165) is 25.9 Å². The third-order valence-corrected chi connectivity index (χ3v) is 3.53. The van der Waals surface area contributed by atoms with Crippen LogP contribution in [0.2, 0.25) is 0 Å². The van der Waals surface area contributed by atoms with Crippen LogP contribution in [0.3, 0.4) is 0 Å². The minimum atomic E-state index is 0.327. The number of hydrogen-bond acceptors (Lipinski definition) is 2. The molecule has 16 heavy (non-hydrogen) atoms. The van der Waals surface area contributed by atoms with Crippen LogP contribution < -0.4 is 4.90 Å². The normalized spacial score (nSPS) is 20.4. The lowest BCUT2D eigenvalue weighted by atomic mass is 10.1. The van der Waals surface area contributed by atoms with Gasteiger partial charge in [0.25, 0.3) is 0 Å². The summed E-state index contributed by atoms with van der Waals surface area (Å²) in [7, 11) is 0. The second kappa shape index (κ2) is 5.35. The van der Waals surface area contributed by atoms with Gasteiger partial charge in [-0.2, -0.15) is 0 Å². The lowest BCUT2D eigenvalue weighted by molar-refractivity contribution is 0.263. The Balaban J connectivity index is 1.97. The zero-order chi connectivity index (χ0) is 11.4. The molecule has 88 valence electrons. The number of aliphatic hydroxyl groups is 1. The molecule has 2 nitrogen and oxygen atoms in total. The van der Waals surface area contributed by atoms with Crippen LogP contribution in [0.25, 0.3) is 0 Å². The molecular formula is C14H21NO. The van der Waals surface area contributed by atoms with Crippen molar-refractivity contribution in [3.63, 3.8) is 0 Å². The molecule has 1 aliphatic heterocycles. The molecule has 0 amide bonds. The van der Waals surface area contributed by atoms with Gasteiger partial charge in [-0.3, -0.25) is 0 Å². The van der Waals surface area contributed by atoms with Crippen molar-refractivity contribution in [3.05, 3.63) is 29.8 Å². The second-order valence-electron chi connectivity index (χ2n) is 4.63. The first-order valence-electron chi connectivity index (χ1n) is 6.28. The summed E-state index contributed by atoms with van der Waals surface area (Å²) in [4.78, 5) is 2.43. The molecule has 0 aliphatic carbocycles. The Hall–Kier alpha value is -1.02. The minimum Gasteiger partial charge on any atom is -0.396 e. The largest absolute Gasteiger partial charge is 0.396 e. The van der Waals surface area contributed by atoms with Crippen LogP contribution in [-0.4, -0.2) is 24.8 Å². The third kappa shape index (κ3) is 2.56. The second-order valence-corrected chi connectivity index (χ2v) is 4.63. The highest BCUT2D eigenvalue weighted by Gasteiger charge is 2.21. The zero-order valence-corrected chi connectivity index (χ0v) is 10.0. The molecule has 0 spiro atoms. The van der Waals surface area contributed by atoms with Gasteiger partial charge >= 0.3 is 0 Å². The van der Waals surface area contributed by atoms with Crippen LogP contribution in [0.15, 0.2) is 24.3 Å². The van der Waals surface area contributed by atoms with E-state index in [4.69, 9.17) is 5.11 Å². The van der Waals surface area contributed by atoms with E-state index < -0.39 is 0 Å². The highest BCUT2D eigenvalue weighted by atomic mass is 16.3. The van der Waals surface area contributed by atoms with Crippen LogP contribution in [-0.2, 0) is 6.42 Å². The van der Waals surface area contributed by atoms with E-state index in [0.29, 0.717) is 12.5 Å². The fourth-order valence-electron chi connectivity index (χ4n) is 2.43. The van der Waals surface area contributed by atoms with Gasteiger partial charge in [0.2, 0.25) is 0 Å². The van der Waals surface area contributed by atoms with E-state index in [1.165, 1.54) is 17.7 Å². The maximum absolute atomic E-state index is 8.93. The predicted octanol–water partition coefficient (Wildman–Crippen LogP) is 2.46.